The molecular weight excluding hydrogens is 334 g/mol. The molecule has 6 nitrogen and oxygen atoms in total. The second kappa shape index (κ2) is 10.4. The van der Waals surface area contributed by atoms with Crippen LogP contribution in [-0.2, 0) is 9.53 Å². The molecule has 26 heavy (non-hydrogen) atoms. The van der Waals surface area contributed by atoms with Crippen LogP contribution in [0, 0.1) is 6.92 Å². The molecule has 2 rings (SSSR count). The lowest BCUT2D eigenvalue weighted by Crippen LogP contribution is -2.33. The highest BCUT2D eigenvalue weighted by atomic mass is 16.5. The average Bonchev–Trinajstić information content (AvgIpc) is 2.67. The van der Waals surface area contributed by atoms with E-state index >= 15 is 0 Å². The summed E-state index contributed by atoms with van der Waals surface area (Å²) in [5.41, 5.74) is 2.08. The molecule has 0 aliphatic heterocycles. The molecule has 0 fully saturated rings. The third kappa shape index (κ3) is 6.06. The molecule has 1 amide bonds. The van der Waals surface area contributed by atoms with Gasteiger partial charge in [-0.3, -0.25) is 4.79 Å². The molecule has 0 radical (unpaired) electrons. The van der Waals surface area contributed by atoms with E-state index in [1.807, 2.05) is 43.3 Å². The summed E-state index contributed by atoms with van der Waals surface area (Å²) in [6, 6.07) is 15.0. The molecule has 2 aromatic rings. The van der Waals surface area contributed by atoms with Crippen molar-refractivity contribution in [1.29, 1.82) is 0 Å². The number of amides is 1. The first-order chi connectivity index (χ1) is 12.6. The summed E-state index contributed by atoms with van der Waals surface area (Å²) in [5, 5.41) is 11.8. The van der Waals surface area contributed by atoms with Crippen molar-refractivity contribution >= 4 is 5.91 Å². The van der Waals surface area contributed by atoms with Gasteiger partial charge in [-0.1, -0.05) is 42.0 Å². The van der Waals surface area contributed by atoms with Gasteiger partial charge in [0.15, 0.2) is 18.1 Å². The zero-order chi connectivity index (χ0) is 18.8. The topological polar surface area (TPSA) is 77.0 Å². The summed E-state index contributed by atoms with van der Waals surface area (Å²) >= 11 is 0. The Kier molecular flexibility index (Phi) is 7.92. The van der Waals surface area contributed by atoms with Crippen molar-refractivity contribution in [3.8, 4) is 11.5 Å². The first-order valence-electron chi connectivity index (χ1n) is 8.45. The fraction of sp³-hybridized carbons (Fsp3) is 0.350. The molecule has 6 heteroatoms. The maximum absolute atomic E-state index is 12.1. The van der Waals surface area contributed by atoms with Crippen LogP contribution >= 0.6 is 0 Å². The van der Waals surface area contributed by atoms with Crippen molar-refractivity contribution in [3.63, 3.8) is 0 Å². The Morgan fingerprint density at radius 2 is 1.81 bits per heavy atom. The highest BCUT2D eigenvalue weighted by molar-refractivity contribution is 5.77. The number of aliphatic hydroxyl groups is 1. The first-order valence-corrected chi connectivity index (χ1v) is 8.45. The zero-order valence-electron chi connectivity index (χ0n) is 15.1. The summed E-state index contributed by atoms with van der Waals surface area (Å²) in [6.07, 6.45) is -0.335. The van der Waals surface area contributed by atoms with Crippen molar-refractivity contribution in [2.75, 3.05) is 33.5 Å². The third-order valence-electron chi connectivity index (χ3n) is 3.77. The molecule has 140 valence electrons. The third-order valence-corrected chi connectivity index (χ3v) is 3.77. The molecule has 0 aliphatic carbocycles. The predicted octanol–water partition coefficient (Wildman–Crippen LogP) is 2.25. The number of hydrogen-bond acceptors (Lipinski definition) is 5. The van der Waals surface area contributed by atoms with E-state index in [1.165, 1.54) is 0 Å². The number of aliphatic hydroxyl groups excluding tert-OH is 1. The molecule has 0 aromatic heterocycles. The van der Waals surface area contributed by atoms with Crippen molar-refractivity contribution in [2.24, 2.45) is 0 Å². The number of para-hydroxylation sites is 2. The van der Waals surface area contributed by atoms with E-state index in [-0.39, 0.29) is 38.4 Å². The van der Waals surface area contributed by atoms with Gasteiger partial charge in [0.2, 0.25) is 0 Å². The fourth-order valence-electron chi connectivity index (χ4n) is 2.39. The monoisotopic (exact) mass is 359 g/mol. The molecule has 2 aromatic carbocycles. The zero-order valence-corrected chi connectivity index (χ0v) is 15.1. The second-order valence-electron chi connectivity index (χ2n) is 5.74. The number of carbonyl (C=O) groups excluding carboxylic acids is 1. The van der Waals surface area contributed by atoms with E-state index in [9.17, 15) is 4.79 Å². The molecule has 2 N–H and O–H groups in total. The van der Waals surface area contributed by atoms with Crippen molar-refractivity contribution in [2.45, 2.75) is 13.0 Å². The maximum atomic E-state index is 12.1. The minimum absolute atomic E-state index is 0.0762. The van der Waals surface area contributed by atoms with Crippen LogP contribution in [0.1, 0.15) is 17.2 Å². The van der Waals surface area contributed by atoms with E-state index < -0.39 is 0 Å². The van der Waals surface area contributed by atoms with Crippen molar-refractivity contribution in [1.82, 2.24) is 5.32 Å². The van der Waals surface area contributed by atoms with Crippen molar-refractivity contribution in [3.05, 3.63) is 59.7 Å². The van der Waals surface area contributed by atoms with Crippen molar-refractivity contribution < 1.29 is 24.1 Å². The molecule has 0 saturated heterocycles. The largest absolute Gasteiger partial charge is 0.493 e. The summed E-state index contributed by atoms with van der Waals surface area (Å²) in [6.45, 7) is 2.29. The lowest BCUT2D eigenvalue weighted by Gasteiger charge is -2.19. The fourth-order valence-corrected chi connectivity index (χ4v) is 2.39. The molecule has 0 heterocycles. The van der Waals surface area contributed by atoms with Crippen LogP contribution in [0.15, 0.2) is 48.5 Å². The minimum Gasteiger partial charge on any atom is -0.493 e. The van der Waals surface area contributed by atoms with E-state index in [0.717, 1.165) is 11.1 Å². The van der Waals surface area contributed by atoms with Crippen LogP contribution in [-0.4, -0.2) is 44.5 Å². The van der Waals surface area contributed by atoms with Gasteiger partial charge in [-0.15, -0.1) is 0 Å². The summed E-state index contributed by atoms with van der Waals surface area (Å²) in [5.74, 6) is 0.821. The molecule has 1 unspecified atom stereocenters. The molecular formula is C20H25NO5. The summed E-state index contributed by atoms with van der Waals surface area (Å²) < 4.78 is 16.3. The van der Waals surface area contributed by atoms with Gasteiger partial charge in [0.1, 0.15) is 0 Å². The van der Waals surface area contributed by atoms with E-state index in [4.69, 9.17) is 19.3 Å². The van der Waals surface area contributed by atoms with Crippen LogP contribution in [0.2, 0.25) is 0 Å². The standard InChI is InChI=1S/C20H25NO5/c1-15-7-9-16(10-8-15)19(25-12-11-22)13-21-20(23)14-26-18-6-4-3-5-17(18)24-2/h3-10,19,22H,11-14H2,1-2H3,(H,21,23). The molecule has 1 atom stereocenters. The van der Waals surface area contributed by atoms with Gasteiger partial charge in [0, 0.05) is 6.54 Å². The van der Waals surface area contributed by atoms with Crippen LogP contribution in [0.25, 0.3) is 0 Å². The number of aryl methyl sites for hydroxylation is 1. The Hall–Kier alpha value is -2.57. The predicted molar refractivity (Wildman–Crippen MR) is 98.5 cm³/mol. The number of benzene rings is 2. The summed E-state index contributed by atoms with van der Waals surface area (Å²) in [7, 11) is 1.55. The lowest BCUT2D eigenvalue weighted by atomic mass is 10.1. The van der Waals surface area contributed by atoms with Crippen LogP contribution in [0.3, 0.4) is 0 Å². The summed E-state index contributed by atoms with van der Waals surface area (Å²) in [4.78, 5) is 12.1. The Labute approximate surface area is 153 Å². The SMILES string of the molecule is COc1ccccc1OCC(=O)NCC(OCCO)c1ccc(C)cc1. The first kappa shape index (κ1) is 19.8. The van der Waals surface area contributed by atoms with Gasteiger partial charge in [0.05, 0.1) is 26.4 Å². The number of rotatable bonds is 10. The molecule has 0 aliphatic rings. The van der Waals surface area contributed by atoms with E-state index in [2.05, 4.69) is 5.32 Å². The van der Waals surface area contributed by atoms with Gasteiger partial charge in [0.25, 0.3) is 5.91 Å². The maximum Gasteiger partial charge on any atom is 0.258 e. The van der Waals surface area contributed by atoms with Gasteiger partial charge in [-0.05, 0) is 24.6 Å². The van der Waals surface area contributed by atoms with E-state index in [0.29, 0.717) is 11.5 Å². The molecule has 0 spiro atoms. The Bertz CT molecular complexity index is 687. The number of methoxy groups -OCH3 is 1. The Balaban J connectivity index is 1.88. The van der Waals surface area contributed by atoms with Gasteiger partial charge < -0.3 is 24.6 Å². The smallest absolute Gasteiger partial charge is 0.258 e. The molecule has 0 saturated carbocycles. The number of hydrogen-bond donors (Lipinski definition) is 2. The van der Waals surface area contributed by atoms with E-state index in [1.54, 1.807) is 19.2 Å². The average molecular weight is 359 g/mol. The Morgan fingerprint density at radius 3 is 2.46 bits per heavy atom. The normalized spacial score (nSPS) is 11.7. The molecule has 0 bridgehead atoms. The highest BCUT2D eigenvalue weighted by Crippen LogP contribution is 2.25. The van der Waals surface area contributed by atoms with Gasteiger partial charge in [-0.2, -0.15) is 0 Å². The Morgan fingerprint density at radius 1 is 1.12 bits per heavy atom. The minimum atomic E-state index is -0.335. The second-order valence-corrected chi connectivity index (χ2v) is 5.74. The number of nitrogens with one attached hydrogen (secondary N) is 1. The van der Waals surface area contributed by atoms with Crippen LogP contribution < -0.4 is 14.8 Å². The van der Waals surface area contributed by atoms with Gasteiger partial charge >= 0.3 is 0 Å². The van der Waals surface area contributed by atoms with Crippen LogP contribution in [0.4, 0.5) is 0 Å². The van der Waals surface area contributed by atoms with Gasteiger partial charge in [-0.25, -0.2) is 0 Å². The number of ether oxygens (including phenoxy) is 3. The van der Waals surface area contributed by atoms with Crippen LogP contribution in [0.5, 0.6) is 11.5 Å². The number of carbonyl (C=O) groups is 1. The quantitative estimate of drug-likeness (QED) is 0.680. The highest BCUT2D eigenvalue weighted by Gasteiger charge is 2.14. The lowest BCUT2D eigenvalue weighted by molar-refractivity contribution is -0.123.